The second-order valence-electron chi connectivity index (χ2n) is 5.24. The first-order chi connectivity index (χ1) is 9.20. The lowest BCUT2D eigenvalue weighted by Crippen LogP contribution is -2.30. The SMILES string of the molecule is CNCc1ccc(Cl)cc1N(C)CC1CCOCC1. The second-order valence-corrected chi connectivity index (χ2v) is 5.68. The highest BCUT2D eigenvalue weighted by Gasteiger charge is 2.17. The Bertz CT molecular complexity index is 405. The van der Waals surface area contributed by atoms with Crippen molar-refractivity contribution >= 4 is 17.3 Å². The Labute approximate surface area is 120 Å². The summed E-state index contributed by atoms with van der Waals surface area (Å²) in [5.41, 5.74) is 2.52. The lowest BCUT2D eigenvalue weighted by Gasteiger charge is -2.30. The molecule has 1 saturated heterocycles. The minimum absolute atomic E-state index is 0.722. The first kappa shape index (κ1) is 14.6. The lowest BCUT2D eigenvalue weighted by molar-refractivity contribution is 0.0685. The van der Waals surface area contributed by atoms with Gasteiger partial charge in [-0.15, -0.1) is 0 Å². The average Bonchev–Trinajstić information content (AvgIpc) is 2.42. The van der Waals surface area contributed by atoms with Gasteiger partial charge in [0.05, 0.1) is 0 Å². The molecule has 0 saturated carbocycles. The Kier molecular flexibility index (Phi) is 5.49. The Balaban J connectivity index is 2.07. The first-order valence-electron chi connectivity index (χ1n) is 6.92. The molecule has 1 N–H and O–H groups in total. The van der Waals surface area contributed by atoms with E-state index in [1.54, 1.807) is 0 Å². The molecule has 2 rings (SSSR count). The van der Waals surface area contributed by atoms with E-state index in [0.29, 0.717) is 0 Å². The number of hydrogen-bond acceptors (Lipinski definition) is 3. The Morgan fingerprint density at radius 1 is 1.37 bits per heavy atom. The quantitative estimate of drug-likeness (QED) is 0.899. The summed E-state index contributed by atoms with van der Waals surface area (Å²) in [5.74, 6) is 0.722. The van der Waals surface area contributed by atoms with Crippen molar-refractivity contribution in [3.63, 3.8) is 0 Å². The maximum atomic E-state index is 6.14. The molecule has 0 aromatic heterocycles. The van der Waals surface area contributed by atoms with Gasteiger partial charge < -0.3 is 15.0 Å². The average molecular weight is 283 g/mol. The van der Waals surface area contributed by atoms with Crippen LogP contribution in [0.25, 0.3) is 0 Å². The van der Waals surface area contributed by atoms with Gasteiger partial charge in [0, 0.05) is 44.1 Å². The summed E-state index contributed by atoms with van der Waals surface area (Å²) in [6, 6.07) is 6.13. The summed E-state index contributed by atoms with van der Waals surface area (Å²) in [6.07, 6.45) is 2.32. The summed E-state index contributed by atoms with van der Waals surface area (Å²) in [5, 5.41) is 4.01. The summed E-state index contributed by atoms with van der Waals surface area (Å²) in [7, 11) is 4.12. The zero-order valence-corrected chi connectivity index (χ0v) is 12.5. The molecule has 0 atom stereocenters. The van der Waals surface area contributed by atoms with Gasteiger partial charge in [-0.25, -0.2) is 0 Å². The molecule has 1 aliphatic heterocycles. The van der Waals surface area contributed by atoms with Crippen molar-refractivity contribution < 1.29 is 4.74 Å². The van der Waals surface area contributed by atoms with Gasteiger partial charge in [-0.3, -0.25) is 0 Å². The summed E-state index contributed by atoms with van der Waals surface area (Å²) in [4.78, 5) is 2.33. The van der Waals surface area contributed by atoms with Crippen molar-refractivity contribution in [2.24, 2.45) is 5.92 Å². The van der Waals surface area contributed by atoms with Crippen LogP contribution in [0.1, 0.15) is 18.4 Å². The van der Waals surface area contributed by atoms with Crippen molar-refractivity contribution in [2.45, 2.75) is 19.4 Å². The van der Waals surface area contributed by atoms with E-state index in [4.69, 9.17) is 16.3 Å². The Hall–Kier alpha value is -0.770. The summed E-state index contributed by atoms with van der Waals surface area (Å²) < 4.78 is 5.42. The van der Waals surface area contributed by atoms with E-state index in [-0.39, 0.29) is 0 Å². The number of rotatable bonds is 5. The maximum Gasteiger partial charge on any atom is 0.0469 e. The van der Waals surface area contributed by atoms with Gasteiger partial charge in [0.25, 0.3) is 0 Å². The van der Waals surface area contributed by atoms with Gasteiger partial charge in [-0.1, -0.05) is 17.7 Å². The fourth-order valence-corrected chi connectivity index (χ4v) is 2.81. The topological polar surface area (TPSA) is 24.5 Å². The van der Waals surface area contributed by atoms with E-state index >= 15 is 0 Å². The van der Waals surface area contributed by atoms with Crippen LogP contribution in [0, 0.1) is 5.92 Å². The molecule has 0 aliphatic carbocycles. The van der Waals surface area contributed by atoms with E-state index in [2.05, 4.69) is 29.4 Å². The van der Waals surface area contributed by atoms with Gasteiger partial charge in [-0.05, 0) is 43.5 Å². The largest absolute Gasteiger partial charge is 0.381 e. The highest BCUT2D eigenvalue weighted by atomic mass is 35.5. The molecule has 4 heteroatoms. The highest BCUT2D eigenvalue weighted by molar-refractivity contribution is 6.30. The third-order valence-electron chi connectivity index (χ3n) is 3.70. The van der Waals surface area contributed by atoms with Gasteiger partial charge in [0.2, 0.25) is 0 Å². The molecule has 1 aromatic carbocycles. The van der Waals surface area contributed by atoms with Crippen molar-refractivity contribution in [3.8, 4) is 0 Å². The predicted octanol–water partition coefficient (Wildman–Crippen LogP) is 2.92. The normalized spacial score (nSPS) is 16.6. The number of anilines is 1. The van der Waals surface area contributed by atoms with Crippen molar-refractivity contribution in [1.29, 1.82) is 0 Å². The number of ether oxygens (including phenoxy) is 1. The third-order valence-corrected chi connectivity index (χ3v) is 3.93. The zero-order chi connectivity index (χ0) is 13.7. The third kappa shape index (κ3) is 4.10. The van der Waals surface area contributed by atoms with E-state index in [1.807, 2.05) is 13.1 Å². The fraction of sp³-hybridized carbons (Fsp3) is 0.600. The summed E-state index contributed by atoms with van der Waals surface area (Å²) >= 11 is 6.14. The van der Waals surface area contributed by atoms with E-state index < -0.39 is 0 Å². The fourth-order valence-electron chi connectivity index (χ4n) is 2.65. The van der Waals surface area contributed by atoms with E-state index in [0.717, 1.165) is 50.1 Å². The minimum Gasteiger partial charge on any atom is -0.381 e. The molecule has 3 nitrogen and oxygen atoms in total. The second kappa shape index (κ2) is 7.13. The molecule has 0 amide bonds. The molecule has 0 spiro atoms. The van der Waals surface area contributed by atoms with Crippen LogP contribution in [0.15, 0.2) is 18.2 Å². The predicted molar refractivity (Wildman–Crippen MR) is 81.0 cm³/mol. The standard InChI is InChI=1S/C15H23ClN2O/c1-17-10-13-3-4-14(16)9-15(13)18(2)11-12-5-7-19-8-6-12/h3-4,9,12,17H,5-8,10-11H2,1-2H3. The molecule has 0 bridgehead atoms. The van der Waals surface area contributed by atoms with Crippen LogP contribution in [0.5, 0.6) is 0 Å². The van der Waals surface area contributed by atoms with Crippen LogP contribution in [0.3, 0.4) is 0 Å². The smallest absolute Gasteiger partial charge is 0.0469 e. The number of halogens is 1. The number of nitrogens with zero attached hydrogens (tertiary/aromatic N) is 1. The number of hydrogen-bond donors (Lipinski definition) is 1. The Morgan fingerprint density at radius 3 is 2.79 bits per heavy atom. The van der Waals surface area contributed by atoms with Crippen LogP contribution in [0.4, 0.5) is 5.69 Å². The molecular weight excluding hydrogens is 260 g/mol. The highest BCUT2D eigenvalue weighted by Crippen LogP contribution is 2.26. The monoisotopic (exact) mass is 282 g/mol. The zero-order valence-electron chi connectivity index (χ0n) is 11.8. The van der Waals surface area contributed by atoms with Crippen LogP contribution >= 0.6 is 11.6 Å². The molecule has 19 heavy (non-hydrogen) atoms. The molecule has 1 fully saturated rings. The van der Waals surface area contributed by atoms with Crippen LogP contribution in [0.2, 0.25) is 5.02 Å². The van der Waals surface area contributed by atoms with E-state index in [9.17, 15) is 0 Å². The minimum atomic E-state index is 0.722. The van der Waals surface area contributed by atoms with E-state index in [1.165, 1.54) is 11.3 Å². The van der Waals surface area contributed by atoms with Crippen LogP contribution < -0.4 is 10.2 Å². The van der Waals surface area contributed by atoms with Gasteiger partial charge in [-0.2, -0.15) is 0 Å². The molecule has 1 aromatic rings. The lowest BCUT2D eigenvalue weighted by atomic mass is 9.99. The molecular formula is C15H23ClN2O. The molecule has 0 unspecified atom stereocenters. The van der Waals surface area contributed by atoms with Gasteiger partial charge in [0.15, 0.2) is 0 Å². The van der Waals surface area contributed by atoms with Crippen molar-refractivity contribution in [1.82, 2.24) is 5.32 Å². The van der Waals surface area contributed by atoms with Gasteiger partial charge >= 0.3 is 0 Å². The maximum absolute atomic E-state index is 6.14. The van der Waals surface area contributed by atoms with Crippen molar-refractivity contribution in [3.05, 3.63) is 28.8 Å². The molecule has 0 radical (unpaired) electrons. The number of nitrogens with one attached hydrogen (secondary N) is 1. The molecule has 1 heterocycles. The van der Waals surface area contributed by atoms with Crippen molar-refractivity contribution in [2.75, 3.05) is 38.8 Å². The Morgan fingerprint density at radius 2 is 2.11 bits per heavy atom. The first-order valence-corrected chi connectivity index (χ1v) is 7.30. The van der Waals surface area contributed by atoms with Crippen LogP contribution in [-0.2, 0) is 11.3 Å². The summed E-state index contributed by atoms with van der Waals surface area (Å²) in [6.45, 7) is 3.74. The molecule has 106 valence electrons. The molecule has 1 aliphatic rings. The van der Waals surface area contributed by atoms with Crippen LogP contribution in [-0.4, -0.2) is 33.9 Å². The number of benzene rings is 1. The van der Waals surface area contributed by atoms with Gasteiger partial charge in [0.1, 0.15) is 0 Å².